The van der Waals surface area contributed by atoms with E-state index in [-0.39, 0.29) is 6.61 Å². The van der Waals surface area contributed by atoms with Gasteiger partial charge in [-0.15, -0.1) is 0 Å². The van der Waals surface area contributed by atoms with Crippen LogP contribution in [0, 0.1) is 0 Å². The number of ether oxygens (including phenoxy) is 1. The van der Waals surface area contributed by atoms with Crippen LogP contribution in [-0.4, -0.2) is 32.0 Å². The first-order valence-electron chi connectivity index (χ1n) is 5.39. The second-order valence-corrected chi connectivity index (χ2v) is 5.52. The Balaban J connectivity index is 4.68. The highest BCUT2D eigenvalue weighted by molar-refractivity contribution is 9.09. The quantitative estimate of drug-likeness (QED) is 0.693. The molecule has 0 aromatic carbocycles. The second-order valence-electron chi connectivity index (χ2n) is 3.55. The molecule has 8 heteroatoms. The van der Waals surface area contributed by atoms with Crippen molar-refractivity contribution in [1.82, 2.24) is 9.44 Å². The lowest BCUT2D eigenvalue weighted by Gasteiger charge is -2.30. The number of nitrogens with one attached hydrogen (secondary N) is 2. The average molecular weight is 331 g/mol. The first-order valence-corrected chi connectivity index (χ1v) is 7.99. The molecule has 0 fully saturated rings. The highest BCUT2D eigenvalue weighted by Crippen LogP contribution is 2.18. The van der Waals surface area contributed by atoms with Gasteiger partial charge in [-0.25, -0.2) is 9.52 Å². The third-order valence-corrected chi connectivity index (χ3v) is 4.66. The number of hydrogen-bond acceptors (Lipinski definition) is 4. The molecule has 102 valence electrons. The summed E-state index contributed by atoms with van der Waals surface area (Å²) in [5.74, 6) is 0. The molecule has 0 saturated heterocycles. The van der Waals surface area contributed by atoms with Crippen molar-refractivity contribution in [2.75, 3.05) is 11.9 Å². The molecule has 0 rings (SSSR count). The fraction of sp³-hybridized carbons (Fsp3) is 0.889. The summed E-state index contributed by atoms with van der Waals surface area (Å²) in [6.07, 6.45) is 0.243. The topological polar surface area (TPSA) is 84.5 Å². The Kier molecular flexibility index (Phi) is 7.03. The lowest BCUT2D eigenvalue weighted by atomic mass is 9.97. The minimum atomic E-state index is -3.90. The Morgan fingerprint density at radius 2 is 1.82 bits per heavy atom. The predicted octanol–water partition coefficient (Wildman–Crippen LogP) is 1.52. The van der Waals surface area contributed by atoms with Crippen molar-refractivity contribution in [3.05, 3.63) is 0 Å². The largest absolute Gasteiger partial charge is 0.449 e. The van der Waals surface area contributed by atoms with Gasteiger partial charge in [0.1, 0.15) is 0 Å². The fourth-order valence-electron chi connectivity index (χ4n) is 1.19. The molecule has 0 aliphatic heterocycles. The van der Waals surface area contributed by atoms with Crippen molar-refractivity contribution >= 4 is 32.2 Å². The summed E-state index contributed by atoms with van der Waals surface area (Å²) in [5.41, 5.74) is -0.599. The first kappa shape index (κ1) is 16.7. The molecule has 0 spiro atoms. The van der Waals surface area contributed by atoms with Gasteiger partial charge in [-0.2, -0.15) is 13.1 Å². The molecule has 6 nitrogen and oxygen atoms in total. The summed E-state index contributed by atoms with van der Waals surface area (Å²) in [6, 6.07) is 0. The molecule has 1 amide bonds. The number of halogens is 1. The zero-order valence-corrected chi connectivity index (χ0v) is 12.7. The van der Waals surface area contributed by atoms with Crippen molar-refractivity contribution in [2.24, 2.45) is 0 Å². The molecule has 0 saturated carbocycles. The van der Waals surface area contributed by atoms with E-state index < -0.39 is 21.8 Å². The minimum absolute atomic E-state index is 0.118. The molecular formula is C9H19BrN2O4S. The number of amides is 1. The Hall–Kier alpha value is -0.340. The Morgan fingerprint density at radius 1 is 1.29 bits per heavy atom. The lowest BCUT2D eigenvalue weighted by molar-refractivity contribution is 0.158. The van der Waals surface area contributed by atoms with Gasteiger partial charge in [0, 0.05) is 10.9 Å². The van der Waals surface area contributed by atoms with Gasteiger partial charge in [0.25, 0.3) is 0 Å². The molecule has 2 N–H and O–H groups in total. The highest BCUT2D eigenvalue weighted by Gasteiger charge is 2.31. The van der Waals surface area contributed by atoms with E-state index in [1.54, 1.807) is 11.6 Å². The Morgan fingerprint density at radius 3 is 2.18 bits per heavy atom. The van der Waals surface area contributed by atoms with Gasteiger partial charge in [0.15, 0.2) is 0 Å². The summed E-state index contributed by atoms with van der Waals surface area (Å²) in [4.78, 5) is 11.0. The Bertz CT molecular complexity index is 333. The van der Waals surface area contributed by atoms with Crippen molar-refractivity contribution < 1.29 is 17.9 Å². The van der Waals surface area contributed by atoms with Crippen LogP contribution in [0.4, 0.5) is 4.79 Å². The minimum Gasteiger partial charge on any atom is -0.449 e. The summed E-state index contributed by atoms with van der Waals surface area (Å²) >= 11 is 3.27. The normalized spacial score (nSPS) is 12.2. The van der Waals surface area contributed by atoms with Crippen LogP contribution in [0.1, 0.15) is 33.6 Å². The van der Waals surface area contributed by atoms with Gasteiger partial charge >= 0.3 is 16.3 Å². The van der Waals surface area contributed by atoms with Gasteiger partial charge < -0.3 is 4.74 Å². The smallest absolute Gasteiger partial charge is 0.421 e. The maximum Gasteiger partial charge on any atom is 0.421 e. The third kappa shape index (κ3) is 5.69. The van der Waals surface area contributed by atoms with Gasteiger partial charge in [0.05, 0.1) is 6.61 Å². The van der Waals surface area contributed by atoms with E-state index in [0.717, 1.165) is 0 Å². The van der Waals surface area contributed by atoms with Crippen LogP contribution in [0.25, 0.3) is 0 Å². The maximum atomic E-state index is 11.7. The van der Waals surface area contributed by atoms with Crippen molar-refractivity contribution in [3.8, 4) is 0 Å². The van der Waals surface area contributed by atoms with Crippen molar-refractivity contribution in [2.45, 2.75) is 39.2 Å². The summed E-state index contributed by atoms with van der Waals surface area (Å²) in [6.45, 7) is 5.46. The number of alkyl halides is 1. The van der Waals surface area contributed by atoms with Gasteiger partial charge in [-0.1, -0.05) is 29.8 Å². The van der Waals surface area contributed by atoms with Crippen LogP contribution in [0.2, 0.25) is 0 Å². The van der Waals surface area contributed by atoms with Crippen LogP contribution in [-0.2, 0) is 14.9 Å². The Labute approximate surface area is 111 Å². The third-order valence-electron chi connectivity index (χ3n) is 2.45. The van der Waals surface area contributed by atoms with E-state index in [1.807, 2.05) is 13.8 Å². The van der Waals surface area contributed by atoms with Gasteiger partial charge in [-0.3, -0.25) is 0 Å². The van der Waals surface area contributed by atoms with E-state index in [1.165, 1.54) is 0 Å². The molecule has 0 bridgehead atoms. The maximum absolute atomic E-state index is 11.7. The van der Waals surface area contributed by atoms with E-state index in [2.05, 4.69) is 25.4 Å². The molecule has 0 radical (unpaired) electrons. The highest BCUT2D eigenvalue weighted by atomic mass is 79.9. The summed E-state index contributed by atoms with van der Waals surface area (Å²) in [5, 5.41) is 0.469. The zero-order valence-electron chi connectivity index (χ0n) is 10.2. The number of carbonyl (C=O) groups excluding carboxylic acids is 1. The number of rotatable bonds is 7. The van der Waals surface area contributed by atoms with Crippen molar-refractivity contribution in [1.29, 1.82) is 0 Å². The van der Waals surface area contributed by atoms with Gasteiger partial charge in [0.2, 0.25) is 0 Å². The number of carbonyl (C=O) groups is 1. The van der Waals surface area contributed by atoms with Crippen LogP contribution in [0.3, 0.4) is 0 Å². The fourth-order valence-corrected chi connectivity index (χ4v) is 3.57. The molecule has 0 unspecified atom stereocenters. The molecule has 17 heavy (non-hydrogen) atoms. The van der Waals surface area contributed by atoms with Crippen LogP contribution in [0.5, 0.6) is 0 Å². The van der Waals surface area contributed by atoms with Crippen LogP contribution in [0.15, 0.2) is 0 Å². The van der Waals surface area contributed by atoms with E-state index in [9.17, 15) is 13.2 Å². The molecule has 0 aromatic heterocycles. The SMILES string of the molecule is CCOC(=O)NS(=O)(=O)NC(CC)(CC)CBr. The zero-order chi connectivity index (χ0) is 13.5. The summed E-state index contributed by atoms with van der Waals surface area (Å²) in [7, 11) is -3.90. The first-order chi connectivity index (χ1) is 7.84. The van der Waals surface area contributed by atoms with E-state index in [0.29, 0.717) is 18.2 Å². The van der Waals surface area contributed by atoms with Crippen molar-refractivity contribution in [3.63, 3.8) is 0 Å². The van der Waals surface area contributed by atoms with Gasteiger partial charge in [-0.05, 0) is 19.8 Å². The monoisotopic (exact) mass is 330 g/mol. The molecule has 0 aliphatic rings. The number of hydrogen-bond donors (Lipinski definition) is 2. The molecule has 0 aromatic rings. The molecule has 0 aliphatic carbocycles. The second kappa shape index (κ2) is 7.17. The van der Waals surface area contributed by atoms with Crippen LogP contribution < -0.4 is 9.44 Å². The van der Waals surface area contributed by atoms with Crippen LogP contribution >= 0.6 is 15.9 Å². The average Bonchev–Trinajstić information content (AvgIpc) is 2.25. The predicted molar refractivity (Wildman–Crippen MR) is 69.3 cm³/mol. The summed E-state index contributed by atoms with van der Waals surface area (Å²) < 4.78 is 32.1. The molecule has 0 heterocycles. The standard InChI is InChI=1S/C9H19BrN2O4S/c1-4-9(5-2,7-10)12-17(14,15)11-8(13)16-6-3/h12H,4-7H2,1-3H3,(H,11,13). The lowest BCUT2D eigenvalue weighted by Crippen LogP contribution is -2.54. The molecule has 0 atom stereocenters. The van der Waals surface area contributed by atoms with E-state index in [4.69, 9.17) is 0 Å². The van der Waals surface area contributed by atoms with E-state index >= 15 is 0 Å². The molecular weight excluding hydrogens is 312 g/mol.